The fourth-order valence-electron chi connectivity index (χ4n) is 2.69. The molecule has 0 saturated heterocycles. The van der Waals surface area contributed by atoms with E-state index in [0.29, 0.717) is 23.5 Å². The molecule has 29 heavy (non-hydrogen) atoms. The van der Waals surface area contributed by atoms with Crippen LogP contribution in [0.25, 0.3) is 0 Å². The van der Waals surface area contributed by atoms with Gasteiger partial charge in [0, 0.05) is 5.56 Å². The number of carbonyl (C=O) groups is 2. The zero-order valence-electron chi connectivity index (χ0n) is 17.4. The molecule has 0 radical (unpaired) electrons. The molecule has 6 nitrogen and oxygen atoms in total. The van der Waals surface area contributed by atoms with E-state index in [1.54, 1.807) is 48.5 Å². The van der Waals surface area contributed by atoms with Crippen LogP contribution in [-0.2, 0) is 0 Å². The standard InChI is InChI=1S/C23H30N2O4/c1-4-5-6-9-16-28-19-14-12-18(13-15-19)22(26)24-25-23(27)20-10-7-8-11-21(20)29-17(2)3/h7-8,10-15,17H,4-6,9,16H2,1-3H3,(H,24,26)(H,25,27). The summed E-state index contributed by atoms with van der Waals surface area (Å²) in [6.07, 6.45) is 4.51. The normalized spacial score (nSPS) is 10.5. The summed E-state index contributed by atoms with van der Waals surface area (Å²) in [7, 11) is 0. The maximum absolute atomic E-state index is 12.4. The minimum atomic E-state index is -0.443. The summed E-state index contributed by atoms with van der Waals surface area (Å²) in [5, 5.41) is 0. The first kappa shape index (κ1) is 22.3. The van der Waals surface area contributed by atoms with Gasteiger partial charge in [0.2, 0.25) is 0 Å². The number of hydrogen-bond acceptors (Lipinski definition) is 4. The lowest BCUT2D eigenvalue weighted by molar-refractivity contribution is 0.0843. The van der Waals surface area contributed by atoms with Crippen LogP contribution in [-0.4, -0.2) is 24.5 Å². The molecule has 0 spiro atoms. The van der Waals surface area contributed by atoms with Crippen molar-refractivity contribution >= 4 is 11.8 Å². The van der Waals surface area contributed by atoms with E-state index in [9.17, 15) is 9.59 Å². The molecular weight excluding hydrogens is 368 g/mol. The Kier molecular flexibility index (Phi) is 9.02. The van der Waals surface area contributed by atoms with E-state index in [1.807, 2.05) is 13.8 Å². The van der Waals surface area contributed by atoms with Gasteiger partial charge in [0.05, 0.1) is 18.3 Å². The van der Waals surface area contributed by atoms with E-state index in [2.05, 4.69) is 17.8 Å². The molecular formula is C23H30N2O4. The Balaban J connectivity index is 1.85. The number of hydrazine groups is 1. The van der Waals surface area contributed by atoms with E-state index in [0.717, 1.165) is 18.6 Å². The van der Waals surface area contributed by atoms with Gasteiger partial charge < -0.3 is 9.47 Å². The number of carbonyl (C=O) groups excluding carboxylic acids is 2. The van der Waals surface area contributed by atoms with Crippen molar-refractivity contribution in [2.45, 2.75) is 52.6 Å². The van der Waals surface area contributed by atoms with E-state index >= 15 is 0 Å². The van der Waals surface area contributed by atoms with E-state index in [4.69, 9.17) is 9.47 Å². The number of benzene rings is 2. The molecule has 2 N–H and O–H groups in total. The second kappa shape index (κ2) is 11.7. The van der Waals surface area contributed by atoms with Gasteiger partial charge in [-0.15, -0.1) is 0 Å². The maximum Gasteiger partial charge on any atom is 0.273 e. The van der Waals surface area contributed by atoms with Crippen molar-refractivity contribution in [1.29, 1.82) is 0 Å². The molecule has 0 atom stereocenters. The Hall–Kier alpha value is -3.02. The Labute approximate surface area is 172 Å². The number of para-hydroxylation sites is 1. The summed E-state index contributed by atoms with van der Waals surface area (Å²) < 4.78 is 11.3. The SMILES string of the molecule is CCCCCCOc1ccc(C(=O)NNC(=O)c2ccccc2OC(C)C)cc1. The second-order valence-electron chi connectivity index (χ2n) is 7.00. The molecule has 2 aromatic rings. The maximum atomic E-state index is 12.4. The zero-order valence-corrected chi connectivity index (χ0v) is 17.4. The van der Waals surface area contributed by atoms with Gasteiger partial charge >= 0.3 is 0 Å². The van der Waals surface area contributed by atoms with E-state index in [1.165, 1.54) is 12.8 Å². The lowest BCUT2D eigenvalue weighted by Crippen LogP contribution is -2.41. The van der Waals surface area contributed by atoms with Gasteiger partial charge in [-0.25, -0.2) is 0 Å². The number of nitrogens with one attached hydrogen (secondary N) is 2. The van der Waals surface area contributed by atoms with Crippen LogP contribution in [0.4, 0.5) is 0 Å². The topological polar surface area (TPSA) is 76.7 Å². The first-order chi connectivity index (χ1) is 14.0. The molecule has 0 bridgehead atoms. The Bertz CT molecular complexity index is 788. The summed E-state index contributed by atoms with van der Waals surface area (Å²) in [5.41, 5.74) is 5.64. The molecule has 2 rings (SSSR count). The molecule has 0 aliphatic rings. The highest BCUT2D eigenvalue weighted by atomic mass is 16.5. The molecule has 2 amide bonds. The van der Waals surface area contributed by atoms with Gasteiger partial charge in [-0.1, -0.05) is 38.3 Å². The Morgan fingerprint density at radius 2 is 1.59 bits per heavy atom. The number of hydrogen-bond donors (Lipinski definition) is 2. The average molecular weight is 399 g/mol. The fraction of sp³-hybridized carbons (Fsp3) is 0.391. The molecule has 2 aromatic carbocycles. The van der Waals surface area contributed by atoms with Crippen molar-refractivity contribution in [3.8, 4) is 11.5 Å². The van der Waals surface area contributed by atoms with Crippen molar-refractivity contribution in [3.05, 3.63) is 59.7 Å². The van der Waals surface area contributed by atoms with Gasteiger partial charge in [-0.2, -0.15) is 0 Å². The molecule has 6 heteroatoms. The predicted molar refractivity (Wildman–Crippen MR) is 113 cm³/mol. The van der Waals surface area contributed by atoms with Gasteiger partial charge in [-0.05, 0) is 56.7 Å². The number of ether oxygens (including phenoxy) is 2. The summed E-state index contributed by atoms with van der Waals surface area (Å²) in [4.78, 5) is 24.7. The highest BCUT2D eigenvalue weighted by molar-refractivity contribution is 6.00. The van der Waals surface area contributed by atoms with Gasteiger partial charge in [0.25, 0.3) is 11.8 Å². The molecule has 0 unspecified atom stereocenters. The summed E-state index contributed by atoms with van der Waals surface area (Å²) >= 11 is 0. The molecule has 0 aromatic heterocycles. The van der Waals surface area contributed by atoms with Gasteiger partial charge in [0.1, 0.15) is 11.5 Å². The third kappa shape index (κ3) is 7.49. The number of rotatable bonds is 10. The van der Waals surface area contributed by atoms with Crippen molar-refractivity contribution in [1.82, 2.24) is 10.9 Å². The first-order valence-corrected chi connectivity index (χ1v) is 10.1. The quantitative estimate of drug-likeness (QED) is 0.456. The zero-order chi connectivity index (χ0) is 21.1. The Morgan fingerprint density at radius 3 is 2.28 bits per heavy atom. The third-order valence-corrected chi connectivity index (χ3v) is 4.17. The lowest BCUT2D eigenvalue weighted by atomic mass is 10.2. The van der Waals surface area contributed by atoms with Crippen LogP contribution < -0.4 is 20.3 Å². The largest absolute Gasteiger partial charge is 0.494 e. The predicted octanol–water partition coefficient (Wildman–Crippen LogP) is 4.51. The number of amides is 2. The van der Waals surface area contributed by atoms with Gasteiger partial charge in [0.15, 0.2) is 0 Å². The molecule has 0 heterocycles. The van der Waals surface area contributed by atoms with Crippen LogP contribution in [0.2, 0.25) is 0 Å². The summed E-state index contributed by atoms with van der Waals surface area (Å²) in [6.45, 7) is 6.61. The molecule has 0 saturated carbocycles. The fourth-order valence-corrected chi connectivity index (χ4v) is 2.69. The summed E-state index contributed by atoms with van der Waals surface area (Å²) in [6, 6.07) is 13.7. The van der Waals surface area contributed by atoms with Crippen LogP contribution in [0.1, 0.15) is 67.2 Å². The van der Waals surface area contributed by atoms with Crippen molar-refractivity contribution in [2.75, 3.05) is 6.61 Å². The average Bonchev–Trinajstić information content (AvgIpc) is 2.72. The highest BCUT2D eigenvalue weighted by Gasteiger charge is 2.14. The van der Waals surface area contributed by atoms with Crippen LogP contribution in [0.5, 0.6) is 11.5 Å². The van der Waals surface area contributed by atoms with Crippen LogP contribution >= 0.6 is 0 Å². The Morgan fingerprint density at radius 1 is 0.897 bits per heavy atom. The van der Waals surface area contributed by atoms with Crippen LogP contribution in [0.15, 0.2) is 48.5 Å². The smallest absolute Gasteiger partial charge is 0.273 e. The molecule has 0 fully saturated rings. The lowest BCUT2D eigenvalue weighted by Gasteiger charge is -2.14. The van der Waals surface area contributed by atoms with Crippen molar-refractivity contribution < 1.29 is 19.1 Å². The first-order valence-electron chi connectivity index (χ1n) is 10.1. The molecule has 156 valence electrons. The highest BCUT2D eigenvalue weighted by Crippen LogP contribution is 2.19. The van der Waals surface area contributed by atoms with E-state index < -0.39 is 11.8 Å². The molecule has 0 aliphatic heterocycles. The van der Waals surface area contributed by atoms with Crippen LogP contribution in [0.3, 0.4) is 0 Å². The monoisotopic (exact) mass is 398 g/mol. The second-order valence-corrected chi connectivity index (χ2v) is 7.00. The summed E-state index contributed by atoms with van der Waals surface area (Å²) in [5.74, 6) is 0.341. The minimum absolute atomic E-state index is 0.0640. The van der Waals surface area contributed by atoms with E-state index in [-0.39, 0.29) is 6.10 Å². The van der Waals surface area contributed by atoms with Crippen molar-refractivity contribution in [2.24, 2.45) is 0 Å². The van der Waals surface area contributed by atoms with Gasteiger partial charge in [-0.3, -0.25) is 20.4 Å². The number of unbranched alkanes of at least 4 members (excludes halogenated alkanes) is 3. The molecule has 0 aliphatic carbocycles. The minimum Gasteiger partial charge on any atom is -0.494 e. The van der Waals surface area contributed by atoms with Crippen LogP contribution in [0, 0.1) is 0 Å². The van der Waals surface area contributed by atoms with Crippen molar-refractivity contribution in [3.63, 3.8) is 0 Å². The third-order valence-electron chi connectivity index (χ3n) is 4.17.